The first-order chi connectivity index (χ1) is 22.8. The average Bonchev–Trinajstić information content (AvgIpc) is 3.63. The van der Waals surface area contributed by atoms with Gasteiger partial charge in [0.2, 0.25) is 17.6 Å². The molecule has 246 valence electrons. The molecule has 1 saturated heterocycles. The lowest BCUT2D eigenvalue weighted by molar-refractivity contribution is -0.127. The molecular formula is C35H43N9O3. The number of anilines is 2. The third kappa shape index (κ3) is 7.50. The van der Waals surface area contributed by atoms with Crippen LogP contribution >= 0.6 is 0 Å². The number of nitrogens with one attached hydrogen (secondary N) is 1. The molecule has 0 bridgehead atoms. The zero-order valence-corrected chi connectivity index (χ0v) is 27.0. The van der Waals surface area contributed by atoms with Crippen molar-refractivity contribution >= 4 is 23.3 Å². The normalized spacial score (nSPS) is 22.1. The summed E-state index contributed by atoms with van der Waals surface area (Å²) in [7, 11) is 0. The Hall–Kier alpha value is -4.68. The quantitative estimate of drug-likeness (QED) is 0.234. The number of ether oxygens (including phenoxy) is 1. The third-order valence-electron chi connectivity index (χ3n) is 9.36. The Labute approximate surface area is 274 Å². The van der Waals surface area contributed by atoms with Crippen molar-refractivity contribution in [3.05, 3.63) is 72.4 Å². The number of carbonyl (C=O) groups is 2. The number of pyridine rings is 1. The summed E-state index contributed by atoms with van der Waals surface area (Å²) in [6, 6.07) is 18.5. The van der Waals surface area contributed by atoms with E-state index in [9.17, 15) is 9.59 Å². The van der Waals surface area contributed by atoms with E-state index in [1.807, 2.05) is 60.8 Å². The fourth-order valence-electron chi connectivity index (χ4n) is 6.84. The number of hydrogen-bond acceptors (Lipinski definition) is 9. The van der Waals surface area contributed by atoms with E-state index in [0.717, 1.165) is 66.8 Å². The Balaban J connectivity index is 1.22. The van der Waals surface area contributed by atoms with Gasteiger partial charge in [-0.15, -0.1) is 10.2 Å². The molecule has 12 heteroatoms. The maximum Gasteiger partial charge on any atom is 0.240 e. The highest BCUT2D eigenvalue weighted by Crippen LogP contribution is 2.33. The van der Waals surface area contributed by atoms with E-state index < -0.39 is 11.9 Å². The van der Waals surface area contributed by atoms with Crippen LogP contribution in [0.3, 0.4) is 0 Å². The maximum absolute atomic E-state index is 14.2. The first-order valence-electron chi connectivity index (χ1n) is 16.4. The molecule has 2 aliphatic rings. The average molecular weight is 638 g/mol. The Bertz CT molecular complexity index is 1610. The molecule has 12 nitrogen and oxygen atoms in total. The number of aromatic amines is 1. The van der Waals surface area contributed by atoms with Gasteiger partial charge in [0.15, 0.2) is 0 Å². The summed E-state index contributed by atoms with van der Waals surface area (Å²) in [4.78, 5) is 35.9. The SMILES string of the molecule is CC1CN(c2ccc(-c3ccc(C[C@@H](C(N)=O)N(C(=O)C4CCC(CN)CC4)c4ccc(-c5nn[nH]n5)cc4)cc3)cn2)CC(C)O1. The predicted octanol–water partition coefficient (Wildman–Crippen LogP) is 3.74. The van der Waals surface area contributed by atoms with E-state index in [4.69, 9.17) is 21.2 Å². The summed E-state index contributed by atoms with van der Waals surface area (Å²) in [5, 5.41) is 14.2. The summed E-state index contributed by atoms with van der Waals surface area (Å²) < 4.78 is 5.86. The van der Waals surface area contributed by atoms with Gasteiger partial charge < -0.3 is 21.1 Å². The lowest BCUT2D eigenvalue weighted by Crippen LogP contribution is -2.52. The summed E-state index contributed by atoms with van der Waals surface area (Å²) in [6.45, 7) is 6.40. The molecule has 1 saturated carbocycles. The fourth-order valence-corrected chi connectivity index (χ4v) is 6.84. The topological polar surface area (TPSA) is 169 Å². The molecule has 5 N–H and O–H groups in total. The van der Waals surface area contributed by atoms with Crippen LogP contribution in [0.5, 0.6) is 0 Å². The molecule has 2 unspecified atom stereocenters. The molecule has 2 aromatic carbocycles. The van der Waals surface area contributed by atoms with E-state index in [2.05, 4.69) is 45.4 Å². The molecule has 6 rings (SSSR count). The lowest BCUT2D eigenvalue weighted by Gasteiger charge is -2.36. The summed E-state index contributed by atoms with van der Waals surface area (Å²) in [5.41, 5.74) is 16.2. The second kappa shape index (κ2) is 14.4. The highest BCUT2D eigenvalue weighted by atomic mass is 16.5. The number of nitrogens with zero attached hydrogens (tertiary/aromatic N) is 6. The van der Waals surface area contributed by atoms with Crippen LogP contribution in [0.4, 0.5) is 11.5 Å². The van der Waals surface area contributed by atoms with E-state index in [1.165, 1.54) is 0 Å². The second-order valence-corrected chi connectivity index (χ2v) is 12.8. The minimum Gasteiger partial charge on any atom is -0.372 e. The number of primary amides is 1. The number of rotatable bonds is 10. The van der Waals surface area contributed by atoms with E-state index in [-0.39, 0.29) is 30.5 Å². The first-order valence-corrected chi connectivity index (χ1v) is 16.4. The molecule has 2 fully saturated rings. The van der Waals surface area contributed by atoms with Gasteiger partial charge >= 0.3 is 0 Å². The first kappa shape index (κ1) is 32.3. The van der Waals surface area contributed by atoms with Gasteiger partial charge in [0.25, 0.3) is 0 Å². The number of amides is 2. The van der Waals surface area contributed by atoms with Gasteiger partial charge in [0.1, 0.15) is 11.9 Å². The van der Waals surface area contributed by atoms with Crippen LogP contribution in [-0.2, 0) is 20.7 Å². The van der Waals surface area contributed by atoms with Crippen LogP contribution in [0.25, 0.3) is 22.5 Å². The van der Waals surface area contributed by atoms with Gasteiger partial charge in [0, 0.05) is 48.4 Å². The smallest absolute Gasteiger partial charge is 0.240 e. The van der Waals surface area contributed by atoms with Crippen molar-refractivity contribution in [2.24, 2.45) is 23.3 Å². The van der Waals surface area contributed by atoms with Crippen LogP contribution in [0.1, 0.15) is 45.1 Å². The highest BCUT2D eigenvalue weighted by Gasteiger charge is 2.36. The molecule has 0 radical (unpaired) electrons. The number of morpholine rings is 1. The molecule has 1 aliphatic carbocycles. The van der Waals surface area contributed by atoms with E-state index in [1.54, 1.807) is 4.90 Å². The fraction of sp³-hybridized carbons (Fsp3) is 0.429. The van der Waals surface area contributed by atoms with Gasteiger partial charge in [0.05, 0.1) is 12.2 Å². The Morgan fingerprint density at radius 2 is 1.60 bits per heavy atom. The monoisotopic (exact) mass is 637 g/mol. The molecule has 3 heterocycles. The van der Waals surface area contributed by atoms with E-state index >= 15 is 0 Å². The molecular weight excluding hydrogens is 594 g/mol. The lowest BCUT2D eigenvalue weighted by atomic mass is 9.81. The van der Waals surface area contributed by atoms with Crippen molar-refractivity contribution in [3.63, 3.8) is 0 Å². The zero-order chi connectivity index (χ0) is 32.9. The van der Waals surface area contributed by atoms with Crippen LogP contribution in [0.15, 0.2) is 66.9 Å². The zero-order valence-electron chi connectivity index (χ0n) is 27.0. The minimum atomic E-state index is -0.879. The number of benzene rings is 2. The number of tetrazole rings is 1. The molecule has 4 aromatic rings. The molecule has 47 heavy (non-hydrogen) atoms. The molecule has 1 aliphatic heterocycles. The van der Waals surface area contributed by atoms with Gasteiger partial charge in [-0.3, -0.25) is 14.5 Å². The second-order valence-electron chi connectivity index (χ2n) is 12.8. The number of carbonyl (C=O) groups excluding carboxylic acids is 2. The van der Waals surface area contributed by atoms with Crippen molar-refractivity contribution in [2.75, 3.05) is 29.4 Å². The largest absolute Gasteiger partial charge is 0.372 e. The van der Waals surface area contributed by atoms with Crippen molar-refractivity contribution in [3.8, 4) is 22.5 Å². The van der Waals surface area contributed by atoms with Crippen LogP contribution in [0, 0.1) is 11.8 Å². The van der Waals surface area contributed by atoms with Crippen molar-refractivity contribution in [1.29, 1.82) is 0 Å². The Morgan fingerprint density at radius 1 is 0.936 bits per heavy atom. The summed E-state index contributed by atoms with van der Waals surface area (Å²) in [6.07, 6.45) is 5.72. The number of H-pyrrole nitrogens is 1. The number of nitrogens with two attached hydrogens (primary N) is 2. The van der Waals surface area contributed by atoms with Gasteiger partial charge in [-0.05, 0) is 105 Å². The standard InChI is InChI=1S/C35H43N9O3/c1-22-20-43(21-23(2)47-22)32-16-13-29(19-38-32)26-7-3-24(4-8-26)17-31(33(37)45)44(35(46)28-9-5-25(18-36)6-10-28)30-14-11-27(12-15-30)34-39-41-42-40-34/h3-4,7-8,11-16,19,22-23,25,28,31H,5-6,9-10,17-18,20-21,36H2,1-2H3,(H2,37,45)(H,39,40,41,42)/t22?,23?,25?,28?,31-/m0/s1. The molecule has 0 spiro atoms. The molecule has 2 aromatic heterocycles. The van der Waals surface area contributed by atoms with Crippen LogP contribution in [0.2, 0.25) is 0 Å². The van der Waals surface area contributed by atoms with Gasteiger partial charge in [-0.25, -0.2) is 4.98 Å². The minimum absolute atomic E-state index is 0.0941. The van der Waals surface area contributed by atoms with Crippen LogP contribution < -0.4 is 21.3 Å². The molecule has 3 atom stereocenters. The van der Waals surface area contributed by atoms with Gasteiger partial charge in [-0.1, -0.05) is 24.3 Å². The predicted molar refractivity (Wildman–Crippen MR) is 180 cm³/mol. The Morgan fingerprint density at radius 3 is 2.17 bits per heavy atom. The summed E-state index contributed by atoms with van der Waals surface area (Å²) >= 11 is 0. The van der Waals surface area contributed by atoms with E-state index in [0.29, 0.717) is 24.0 Å². The highest BCUT2D eigenvalue weighted by molar-refractivity contribution is 6.01. The Kier molecular flexibility index (Phi) is 9.88. The number of hydrogen-bond donors (Lipinski definition) is 3. The van der Waals surface area contributed by atoms with Crippen LogP contribution in [-0.4, -0.2) is 75.3 Å². The van der Waals surface area contributed by atoms with Crippen molar-refractivity contribution in [2.45, 2.75) is 64.2 Å². The van der Waals surface area contributed by atoms with Crippen molar-refractivity contribution < 1.29 is 14.3 Å². The summed E-state index contributed by atoms with van der Waals surface area (Å²) in [5.74, 6) is 0.929. The third-order valence-corrected chi connectivity index (χ3v) is 9.36. The maximum atomic E-state index is 14.2. The van der Waals surface area contributed by atoms with Gasteiger partial charge in [-0.2, -0.15) is 5.21 Å². The molecule has 2 amide bonds. The number of aromatic nitrogens is 5. The van der Waals surface area contributed by atoms with Crippen molar-refractivity contribution in [1.82, 2.24) is 25.6 Å².